The third-order valence-corrected chi connectivity index (χ3v) is 1.21. The highest BCUT2D eigenvalue weighted by molar-refractivity contribution is 5.71. The van der Waals surface area contributed by atoms with Gasteiger partial charge in [-0.05, 0) is 13.3 Å². The standard InChI is InChI=1S/C7H14O4/c1-6(7(8)9)11-5-3-4-10-2/h6H,3-5H2,1-2H3,(H,8,9)/t6-/m0/s1. The first-order valence-corrected chi connectivity index (χ1v) is 3.52. The zero-order valence-electron chi connectivity index (χ0n) is 6.87. The molecule has 4 nitrogen and oxygen atoms in total. The summed E-state index contributed by atoms with van der Waals surface area (Å²) in [6.45, 7) is 2.54. The Morgan fingerprint density at radius 2 is 2.18 bits per heavy atom. The van der Waals surface area contributed by atoms with Gasteiger partial charge in [0.1, 0.15) is 0 Å². The Labute approximate surface area is 66.1 Å². The summed E-state index contributed by atoms with van der Waals surface area (Å²) in [5.74, 6) is -0.928. The summed E-state index contributed by atoms with van der Waals surface area (Å²) in [7, 11) is 1.60. The summed E-state index contributed by atoms with van der Waals surface area (Å²) in [5, 5.41) is 8.38. The maximum absolute atomic E-state index is 10.2. The maximum atomic E-state index is 10.2. The molecule has 0 aromatic carbocycles. The number of rotatable bonds is 6. The van der Waals surface area contributed by atoms with Crippen molar-refractivity contribution in [2.75, 3.05) is 20.3 Å². The first-order valence-electron chi connectivity index (χ1n) is 3.52. The second-order valence-electron chi connectivity index (χ2n) is 2.20. The van der Waals surface area contributed by atoms with E-state index in [0.29, 0.717) is 13.2 Å². The van der Waals surface area contributed by atoms with Crippen molar-refractivity contribution in [3.05, 3.63) is 0 Å². The van der Waals surface area contributed by atoms with E-state index in [2.05, 4.69) is 0 Å². The normalized spacial score (nSPS) is 12.9. The van der Waals surface area contributed by atoms with Crippen LogP contribution >= 0.6 is 0 Å². The van der Waals surface area contributed by atoms with Crippen LogP contribution in [0.4, 0.5) is 0 Å². The van der Waals surface area contributed by atoms with Crippen molar-refractivity contribution in [1.82, 2.24) is 0 Å². The molecule has 0 amide bonds. The maximum Gasteiger partial charge on any atom is 0.332 e. The van der Waals surface area contributed by atoms with Crippen LogP contribution in [0.25, 0.3) is 0 Å². The Morgan fingerprint density at radius 1 is 1.55 bits per heavy atom. The number of carbonyl (C=O) groups is 1. The van der Waals surface area contributed by atoms with Crippen LogP contribution in [0.3, 0.4) is 0 Å². The molecule has 0 heterocycles. The van der Waals surface area contributed by atoms with E-state index in [-0.39, 0.29) is 0 Å². The summed E-state index contributed by atoms with van der Waals surface area (Å²) >= 11 is 0. The van der Waals surface area contributed by atoms with Crippen LogP contribution in [0, 0.1) is 0 Å². The zero-order chi connectivity index (χ0) is 8.69. The molecule has 0 aliphatic carbocycles. The predicted molar refractivity (Wildman–Crippen MR) is 39.5 cm³/mol. The second-order valence-corrected chi connectivity index (χ2v) is 2.20. The van der Waals surface area contributed by atoms with Gasteiger partial charge in [-0.1, -0.05) is 0 Å². The van der Waals surface area contributed by atoms with Gasteiger partial charge in [-0.25, -0.2) is 4.79 Å². The number of hydrogen-bond donors (Lipinski definition) is 1. The molecule has 11 heavy (non-hydrogen) atoms. The molecule has 0 fully saturated rings. The fourth-order valence-corrected chi connectivity index (χ4v) is 0.535. The molecule has 1 N–H and O–H groups in total. The fraction of sp³-hybridized carbons (Fsp3) is 0.857. The first kappa shape index (κ1) is 10.4. The lowest BCUT2D eigenvalue weighted by molar-refractivity contribution is -0.149. The molecule has 0 aromatic rings. The zero-order valence-corrected chi connectivity index (χ0v) is 6.87. The van der Waals surface area contributed by atoms with Gasteiger partial charge < -0.3 is 14.6 Å². The SMILES string of the molecule is COCCCO[C@@H](C)C(=O)O. The molecular formula is C7H14O4. The van der Waals surface area contributed by atoms with Crippen LogP contribution in [0.2, 0.25) is 0 Å². The average molecular weight is 162 g/mol. The molecule has 0 bridgehead atoms. The van der Waals surface area contributed by atoms with Gasteiger partial charge in [0.15, 0.2) is 6.10 Å². The van der Waals surface area contributed by atoms with Crippen LogP contribution in [0.15, 0.2) is 0 Å². The summed E-state index contributed by atoms with van der Waals surface area (Å²) in [6, 6.07) is 0. The Kier molecular flexibility index (Phi) is 5.78. The van der Waals surface area contributed by atoms with Crippen molar-refractivity contribution in [3.8, 4) is 0 Å². The molecule has 1 atom stereocenters. The highest BCUT2D eigenvalue weighted by atomic mass is 16.5. The van der Waals surface area contributed by atoms with Gasteiger partial charge in [-0.15, -0.1) is 0 Å². The Hall–Kier alpha value is -0.610. The number of carboxylic acids is 1. The van der Waals surface area contributed by atoms with Crippen molar-refractivity contribution in [2.24, 2.45) is 0 Å². The van der Waals surface area contributed by atoms with E-state index in [0.717, 1.165) is 6.42 Å². The molecule has 4 heteroatoms. The number of aliphatic carboxylic acids is 1. The van der Waals surface area contributed by atoms with Gasteiger partial charge in [-0.3, -0.25) is 0 Å². The van der Waals surface area contributed by atoms with E-state index in [1.807, 2.05) is 0 Å². The van der Waals surface area contributed by atoms with Gasteiger partial charge >= 0.3 is 5.97 Å². The number of carboxylic acid groups (broad SMARTS) is 1. The van der Waals surface area contributed by atoms with Crippen LogP contribution in [-0.4, -0.2) is 37.5 Å². The third-order valence-electron chi connectivity index (χ3n) is 1.21. The summed E-state index contributed by atoms with van der Waals surface area (Å²) in [4.78, 5) is 10.2. The summed E-state index contributed by atoms with van der Waals surface area (Å²) in [5.41, 5.74) is 0. The first-order chi connectivity index (χ1) is 5.18. The highest BCUT2D eigenvalue weighted by Gasteiger charge is 2.09. The monoisotopic (exact) mass is 162 g/mol. The quantitative estimate of drug-likeness (QED) is 0.578. The Morgan fingerprint density at radius 3 is 2.64 bits per heavy atom. The minimum atomic E-state index is -0.928. The van der Waals surface area contributed by atoms with Crippen LogP contribution in [-0.2, 0) is 14.3 Å². The molecule has 66 valence electrons. The van der Waals surface area contributed by atoms with E-state index in [4.69, 9.17) is 14.6 Å². The summed E-state index contributed by atoms with van der Waals surface area (Å²) in [6.07, 6.45) is 0.0144. The number of ether oxygens (including phenoxy) is 2. The van der Waals surface area contributed by atoms with E-state index >= 15 is 0 Å². The predicted octanol–water partition coefficient (Wildman–Crippen LogP) is 0.513. The molecule has 0 saturated carbocycles. The van der Waals surface area contributed by atoms with Crippen LogP contribution in [0.5, 0.6) is 0 Å². The van der Waals surface area contributed by atoms with Gasteiger partial charge in [0, 0.05) is 20.3 Å². The molecule has 0 radical (unpaired) electrons. The third kappa shape index (κ3) is 5.82. The minimum absolute atomic E-state index is 0.432. The molecular weight excluding hydrogens is 148 g/mol. The minimum Gasteiger partial charge on any atom is -0.479 e. The van der Waals surface area contributed by atoms with Gasteiger partial charge in [-0.2, -0.15) is 0 Å². The van der Waals surface area contributed by atoms with Gasteiger partial charge in [0.2, 0.25) is 0 Å². The van der Waals surface area contributed by atoms with Crippen LogP contribution < -0.4 is 0 Å². The van der Waals surface area contributed by atoms with Crippen molar-refractivity contribution in [1.29, 1.82) is 0 Å². The van der Waals surface area contributed by atoms with Crippen LogP contribution in [0.1, 0.15) is 13.3 Å². The Balaban J connectivity index is 3.17. The van der Waals surface area contributed by atoms with Crippen molar-refractivity contribution < 1.29 is 19.4 Å². The molecule has 0 spiro atoms. The number of hydrogen-bond acceptors (Lipinski definition) is 3. The Bertz CT molecular complexity index is 113. The highest BCUT2D eigenvalue weighted by Crippen LogP contribution is 1.92. The molecule has 0 saturated heterocycles. The lowest BCUT2D eigenvalue weighted by atomic mass is 10.4. The molecule has 0 aliphatic rings. The molecule has 0 rings (SSSR count). The molecule has 0 aromatic heterocycles. The van der Waals surface area contributed by atoms with E-state index in [9.17, 15) is 4.79 Å². The van der Waals surface area contributed by atoms with E-state index in [1.165, 1.54) is 6.92 Å². The largest absolute Gasteiger partial charge is 0.479 e. The summed E-state index contributed by atoms with van der Waals surface area (Å²) < 4.78 is 9.68. The number of methoxy groups -OCH3 is 1. The lowest BCUT2D eigenvalue weighted by Crippen LogP contribution is -2.20. The van der Waals surface area contributed by atoms with E-state index in [1.54, 1.807) is 7.11 Å². The van der Waals surface area contributed by atoms with Crippen molar-refractivity contribution in [2.45, 2.75) is 19.4 Å². The molecule has 0 aliphatic heterocycles. The van der Waals surface area contributed by atoms with Crippen molar-refractivity contribution >= 4 is 5.97 Å². The topological polar surface area (TPSA) is 55.8 Å². The van der Waals surface area contributed by atoms with Gasteiger partial charge in [0.25, 0.3) is 0 Å². The second kappa shape index (κ2) is 6.12. The average Bonchev–Trinajstić information content (AvgIpc) is 1.97. The fourth-order valence-electron chi connectivity index (χ4n) is 0.535. The van der Waals surface area contributed by atoms with E-state index < -0.39 is 12.1 Å². The lowest BCUT2D eigenvalue weighted by Gasteiger charge is -2.06. The van der Waals surface area contributed by atoms with Gasteiger partial charge in [0.05, 0.1) is 0 Å². The smallest absolute Gasteiger partial charge is 0.332 e. The molecule has 0 unspecified atom stereocenters. The van der Waals surface area contributed by atoms with Crippen molar-refractivity contribution in [3.63, 3.8) is 0 Å².